The van der Waals surface area contributed by atoms with Crippen molar-refractivity contribution in [3.8, 4) is 10.8 Å². The zero-order valence-electron chi connectivity index (χ0n) is 10.6. The van der Waals surface area contributed by atoms with Crippen LogP contribution in [0.2, 0.25) is 0 Å². The average molecular weight is 262 g/mol. The molecule has 1 fully saturated rings. The highest BCUT2D eigenvalue weighted by atomic mass is 32.1. The SMILES string of the molecule is CC1CCCN(Cc2csc(-c3ccco3)n2)C1. The molecule has 3 nitrogen and oxygen atoms in total. The van der Waals surface area contributed by atoms with E-state index < -0.39 is 0 Å². The standard InChI is InChI=1S/C14H18N2OS/c1-11-4-2-6-16(8-11)9-12-10-18-14(15-12)13-5-3-7-17-13/h3,5,7,10-11H,2,4,6,8-9H2,1H3. The first-order chi connectivity index (χ1) is 8.81. The number of thiazole rings is 1. The molecule has 0 radical (unpaired) electrons. The van der Waals surface area contributed by atoms with E-state index in [0.29, 0.717) is 0 Å². The minimum Gasteiger partial charge on any atom is -0.462 e. The second-order valence-corrected chi connectivity index (χ2v) is 5.96. The molecule has 3 heterocycles. The van der Waals surface area contributed by atoms with Gasteiger partial charge in [0, 0.05) is 18.5 Å². The molecule has 0 aliphatic carbocycles. The summed E-state index contributed by atoms with van der Waals surface area (Å²) in [5, 5.41) is 3.14. The molecule has 1 aliphatic heterocycles. The quantitative estimate of drug-likeness (QED) is 0.845. The molecule has 0 aromatic carbocycles. The van der Waals surface area contributed by atoms with E-state index in [0.717, 1.165) is 23.2 Å². The van der Waals surface area contributed by atoms with Crippen molar-refractivity contribution in [2.45, 2.75) is 26.3 Å². The number of furan rings is 1. The van der Waals surface area contributed by atoms with Crippen LogP contribution < -0.4 is 0 Å². The van der Waals surface area contributed by atoms with Crippen molar-refractivity contribution < 1.29 is 4.42 Å². The van der Waals surface area contributed by atoms with Crippen LogP contribution in [0, 0.1) is 5.92 Å². The Labute approximate surface area is 111 Å². The smallest absolute Gasteiger partial charge is 0.162 e. The molecule has 2 aromatic rings. The fourth-order valence-electron chi connectivity index (χ4n) is 2.55. The predicted molar refractivity (Wildman–Crippen MR) is 73.5 cm³/mol. The Bertz CT molecular complexity index is 492. The van der Waals surface area contributed by atoms with Gasteiger partial charge in [-0.3, -0.25) is 4.90 Å². The minimum atomic E-state index is 0.821. The van der Waals surface area contributed by atoms with Gasteiger partial charge >= 0.3 is 0 Å². The van der Waals surface area contributed by atoms with E-state index in [2.05, 4.69) is 22.2 Å². The number of likely N-dealkylation sites (tertiary alicyclic amines) is 1. The summed E-state index contributed by atoms with van der Waals surface area (Å²) in [6.45, 7) is 5.72. The maximum atomic E-state index is 5.37. The number of hydrogen-bond acceptors (Lipinski definition) is 4. The molecule has 0 bridgehead atoms. The van der Waals surface area contributed by atoms with Crippen LogP contribution in [0.25, 0.3) is 10.8 Å². The van der Waals surface area contributed by atoms with Crippen molar-refractivity contribution in [2.24, 2.45) is 5.92 Å². The highest BCUT2D eigenvalue weighted by Crippen LogP contribution is 2.25. The summed E-state index contributed by atoms with van der Waals surface area (Å²) in [4.78, 5) is 7.16. The van der Waals surface area contributed by atoms with E-state index in [1.807, 2.05) is 12.1 Å². The van der Waals surface area contributed by atoms with Crippen LogP contribution >= 0.6 is 11.3 Å². The molecule has 0 N–H and O–H groups in total. The monoisotopic (exact) mass is 262 g/mol. The first-order valence-corrected chi connectivity index (χ1v) is 7.40. The molecule has 3 rings (SSSR count). The lowest BCUT2D eigenvalue weighted by molar-refractivity contribution is 0.175. The molecule has 0 saturated carbocycles. The van der Waals surface area contributed by atoms with Crippen LogP contribution in [0.1, 0.15) is 25.5 Å². The summed E-state index contributed by atoms with van der Waals surface area (Å²) in [5.74, 6) is 1.69. The third kappa shape index (κ3) is 2.65. The third-order valence-corrected chi connectivity index (χ3v) is 4.32. The Morgan fingerprint density at radius 1 is 1.56 bits per heavy atom. The molecule has 2 aromatic heterocycles. The largest absolute Gasteiger partial charge is 0.462 e. The van der Waals surface area contributed by atoms with Gasteiger partial charge in [0.1, 0.15) is 0 Å². The zero-order valence-corrected chi connectivity index (χ0v) is 11.4. The fourth-order valence-corrected chi connectivity index (χ4v) is 3.33. The summed E-state index contributed by atoms with van der Waals surface area (Å²) >= 11 is 1.67. The number of hydrogen-bond donors (Lipinski definition) is 0. The third-order valence-electron chi connectivity index (χ3n) is 3.41. The van der Waals surface area contributed by atoms with Crippen LogP contribution in [-0.4, -0.2) is 23.0 Å². The van der Waals surface area contributed by atoms with Crippen LogP contribution in [0.15, 0.2) is 28.2 Å². The summed E-state index contributed by atoms with van der Waals surface area (Å²) in [5.41, 5.74) is 1.17. The van der Waals surface area contributed by atoms with Crippen molar-refractivity contribution in [3.05, 3.63) is 29.5 Å². The summed E-state index contributed by atoms with van der Waals surface area (Å²) in [6.07, 6.45) is 4.38. The lowest BCUT2D eigenvalue weighted by Crippen LogP contribution is -2.33. The number of rotatable bonds is 3. The Morgan fingerprint density at radius 3 is 3.28 bits per heavy atom. The van der Waals surface area contributed by atoms with Gasteiger partial charge in [0.15, 0.2) is 10.8 Å². The van der Waals surface area contributed by atoms with Crippen molar-refractivity contribution in [2.75, 3.05) is 13.1 Å². The van der Waals surface area contributed by atoms with Gasteiger partial charge in [0.25, 0.3) is 0 Å². The second-order valence-electron chi connectivity index (χ2n) is 5.10. The fraction of sp³-hybridized carbons (Fsp3) is 0.500. The van der Waals surface area contributed by atoms with Crippen molar-refractivity contribution in [3.63, 3.8) is 0 Å². The van der Waals surface area contributed by atoms with E-state index in [1.165, 1.54) is 31.6 Å². The maximum Gasteiger partial charge on any atom is 0.162 e. The average Bonchev–Trinajstić information content (AvgIpc) is 2.98. The normalized spacial score (nSPS) is 21.3. The van der Waals surface area contributed by atoms with Gasteiger partial charge in [0.2, 0.25) is 0 Å². The Balaban J connectivity index is 1.66. The summed E-state index contributed by atoms with van der Waals surface area (Å²) in [6, 6.07) is 3.87. The zero-order chi connectivity index (χ0) is 12.4. The van der Waals surface area contributed by atoms with Crippen LogP contribution in [0.4, 0.5) is 0 Å². The number of nitrogens with zero attached hydrogens (tertiary/aromatic N) is 2. The molecular formula is C14H18N2OS. The second kappa shape index (κ2) is 5.24. The minimum absolute atomic E-state index is 0.821. The highest BCUT2D eigenvalue weighted by Gasteiger charge is 2.17. The first kappa shape index (κ1) is 11.9. The van der Waals surface area contributed by atoms with Crippen molar-refractivity contribution in [1.82, 2.24) is 9.88 Å². The molecular weight excluding hydrogens is 244 g/mol. The van der Waals surface area contributed by atoms with Gasteiger partial charge in [-0.1, -0.05) is 6.92 Å². The molecule has 0 spiro atoms. The van der Waals surface area contributed by atoms with E-state index >= 15 is 0 Å². The van der Waals surface area contributed by atoms with Gasteiger partial charge in [-0.15, -0.1) is 11.3 Å². The molecule has 1 saturated heterocycles. The van der Waals surface area contributed by atoms with Crippen LogP contribution in [-0.2, 0) is 6.54 Å². The van der Waals surface area contributed by atoms with Gasteiger partial charge in [-0.2, -0.15) is 0 Å². The molecule has 18 heavy (non-hydrogen) atoms. The molecule has 4 heteroatoms. The molecule has 96 valence electrons. The highest BCUT2D eigenvalue weighted by molar-refractivity contribution is 7.13. The van der Waals surface area contributed by atoms with E-state index in [9.17, 15) is 0 Å². The molecule has 1 unspecified atom stereocenters. The Morgan fingerprint density at radius 2 is 2.50 bits per heavy atom. The van der Waals surface area contributed by atoms with Gasteiger partial charge < -0.3 is 4.42 Å². The summed E-state index contributed by atoms with van der Waals surface area (Å²) < 4.78 is 5.37. The number of aromatic nitrogens is 1. The van der Waals surface area contributed by atoms with E-state index in [4.69, 9.17) is 4.42 Å². The molecule has 0 amide bonds. The van der Waals surface area contributed by atoms with Crippen LogP contribution in [0.5, 0.6) is 0 Å². The topological polar surface area (TPSA) is 29.3 Å². The van der Waals surface area contributed by atoms with Gasteiger partial charge in [0.05, 0.1) is 12.0 Å². The first-order valence-electron chi connectivity index (χ1n) is 6.52. The summed E-state index contributed by atoms with van der Waals surface area (Å²) in [7, 11) is 0. The van der Waals surface area contributed by atoms with Crippen molar-refractivity contribution in [1.29, 1.82) is 0 Å². The van der Waals surface area contributed by atoms with E-state index in [-0.39, 0.29) is 0 Å². The predicted octanol–water partition coefficient (Wildman–Crippen LogP) is 3.64. The van der Waals surface area contributed by atoms with Crippen molar-refractivity contribution >= 4 is 11.3 Å². The molecule has 1 atom stereocenters. The Kier molecular flexibility index (Phi) is 3.48. The van der Waals surface area contributed by atoms with Gasteiger partial charge in [-0.25, -0.2) is 4.98 Å². The lowest BCUT2D eigenvalue weighted by atomic mass is 10.0. The van der Waals surface area contributed by atoms with Gasteiger partial charge in [-0.05, 0) is 37.4 Å². The number of piperidine rings is 1. The molecule has 1 aliphatic rings. The van der Waals surface area contributed by atoms with E-state index in [1.54, 1.807) is 17.6 Å². The van der Waals surface area contributed by atoms with Crippen LogP contribution in [0.3, 0.4) is 0 Å². The maximum absolute atomic E-state index is 5.37. The lowest BCUT2D eigenvalue weighted by Gasteiger charge is -2.30. The Hall–Kier alpha value is -1.13.